The molecule has 1 saturated carbocycles. The topological polar surface area (TPSA) is 102 Å². The molecular weight excluding hydrogens is 337 g/mol. The number of primary amides is 1. The average molecular weight is 354 g/mol. The first-order valence-electron chi connectivity index (χ1n) is 7.75. The molecule has 0 aromatic heterocycles. The van der Waals surface area contributed by atoms with E-state index in [1.54, 1.807) is 0 Å². The molecule has 0 radical (unpaired) electrons. The molecule has 1 aliphatic carbocycles. The van der Waals surface area contributed by atoms with Crippen LogP contribution in [0.5, 0.6) is 0 Å². The minimum Gasteiger partial charge on any atom is -0.386 e. The molecule has 3 rings (SSSR count). The Morgan fingerprint density at radius 3 is 2.56 bits per heavy atom. The molecule has 9 heteroatoms. The van der Waals surface area contributed by atoms with Gasteiger partial charge < -0.3 is 16.4 Å². The number of alkyl halides is 2. The SMILES string of the molecule is NC(=O)c1ccc(F)c(C2(C(F)F)CN(C(=O)C3CC3)CC(N)=N2)c1. The van der Waals surface area contributed by atoms with E-state index >= 15 is 0 Å². The fraction of sp³-hybridized carbons (Fsp3) is 0.438. The Morgan fingerprint density at radius 1 is 1.32 bits per heavy atom. The summed E-state index contributed by atoms with van der Waals surface area (Å²) in [4.78, 5) is 28.7. The van der Waals surface area contributed by atoms with Crippen molar-refractivity contribution in [2.45, 2.75) is 24.8 Å². The molecule has 2 aliphatic rings. The second-order valence-electron chi connectivity index (χ2n) is 6.36. The van der Waals surface area contributed by atoms with Gasteiger partial charge in [0, 0.05) is 17.0 Å². The lowest BCUT2D eigenvalue weighted by atomic mass is 9.87. The number of rotatable bonds is 4. The summed E-state index contributed by atoms with van der Waals surface area (Å²) in [7, 11) is 0. The van der Waals surface area contributed by atoms with E-state index in [0.29, 0.717) is 12.8 Å². The number of benzene rings is 1. The van der Waals surface area contributed by atoms with Crippen LogP contribution in [0, 0.1) is 11.7 Å². The van der Waals surface area contributed by atoms with Crippen molar-refractivity contribution < 1.29 is 22.8 Å². The molecular formula is C16H17F3N4O2. The Labute approximate surface area is 141 Å². The molecule has 1 aromatic carbocycles. The van der Waals surface area contributed by atoms with Crippen LogP contribution in [0.15, 0.2) is 23.2 Å². The third-order valence-corrected chi connectivity index (χ3v) is 4.44. The van der Waals surface area contributed by atoms with E-state index in [2.05, 4.69) is 4.99 Å². The summed E-state index contributed by atoms with van der Waals surface area (Å²) < 4.78 is 42.4. The fourth-order valence-electron chi connectivity index (χ4n) is 3.00. The van der Waals surface area contributed by atoms with Crippen LogP contribution >= 0.6 is 0 Å². The van der Waals surface area contributed by atoms with Crippen LogP contribution in [-0.2, 0) is 10.3 Å². The molecule has 134 valence electrons. The van der Waals surface area contributed by atoms with Crippen molar-refractivity contribution in [1.29, 1.82) is 0 Å². The van der Waals surface area contributed by atoms with Crippen molar-refractivity contribution in [3.63, 3.8) is 0 Å². The summed E-state index contributed by atoms with van der Waals surface area (Å²) in [6.07, 6.45) is -1.75. The number of halogens is 3. The van der Waals surface area contributed by atoms with Gasteiger partial charge in [0.15, 0.2) is 5.54 Å². The van der Waals surface area contributed by atoms with Gasteiger partial charge in [0.05, 0.1) is 13.1 Å². The maximum Gasteiger partial charge on any atom is 0.269 e. The van der Waals surface area contributed by atoms with Crippen molar-refractivity contribution in [3.8, 4) is 0 Å². The van der Waals surface area contributed by atoms with Crippen LogP contribution in [0.1, 0.15) is 28.8 Å². The molecule has 0 saturated heterocycles. The zero-order valence-electron chi connectivity index (χ0n) is 13.2. The van der Waals surface area contributed by atoms with Crippen LogP contribution in [0.25, 0.3) is 0 Å². The lowest BCUT2D eigenvalue weighted by Crippen LogP contribution is -2.55. The number of carbonyl (C=O) groups excluding carboxylic acids is 2. The van der Waals surface area contributed by atoms with Crippen molar-refractivity contribution in [1.82, 2.24) is 4.90 Å². The molecule has 1 aliphatic heterocycles. The number of nitrogens with zero attached hydrogens (tertiary/aromatic N) is 2. The van der Waals surface area contributed by atoms with Crippen LogP contribution in [0.4, 0.5) is 13.2 Å². The van der Waals surface area contributed by atoms with E-state index < -0.39 is 35.8 Å². The van der Waals surface area contributed by atoms with Crippen LogP contribution in [0.2, 0.25) is 0 Å². The molecule has 0 spiro atoms. The van der Waals surface area contributed by atoms with Crippen molar-refractivity contribution >= 4 is 17.6 Å². The Kier molecular flexibility index (Phi) is 4.18. The van der Waals surface area contributed by atoms with Crippen molar-refractivity contribution in [3.05, 3.63) is 35.1 Å². The predicted octanol–water partition coefficient (Wildman–Crippen LogP) is 0.994. The molecule has 4 N–H and O–H groups in total. The first-order valence-corrected chi connectivity index (χ1v) is 7.75. The second kappa shape index (κ2) is 6.05. The monoisotopic (exact) mass is 354 g/mol. The number of amidine groups is 1. The molecule has 0 bridgehead atoms. The van der Waals surface area contributed by atoms with Gasteiger partial charge in [0.2, 0.25) is 11.8 Å². The lowest BCUT2D eigenvalue weighted by Gasteiger charge is -2.39. The maximum atomic E-state index is 14.3. The Bertz CT molecular complexity index is 764. The van der Waals surface area contributed by atoms with E-state index in [1.807, 2.05) is 0 Å². The average Bonchev–Trinajstić information content (AvgIpc) is 3.38. The number of amides is 2. The lowest BCUT2D eigenvalue weighted by molar-refractivity contribution is -0.134. The van der Waals surface area contributed by atoms with Gasteiger partial charge in [-0.3, -0.25) is 14.6 Å². The highest BCUT2D eigenvalue weighted by atomic mass is 19.3. The Hall–Kier alpha value is -2.58. The molecule has 1 heterocycles. The van der Waals surface area contributed by atoms with Gasteiger partial charge in [-0.05, 0) is 31.0 Å². The zero-order chi connectivity index (χ0) is 18.4. The number of carbonyl (C=O) groups is 2. The first kappa shape index (κ1) is 17.2. The number of nitrogens with two attached hydrogens (primary N) is 2. The van der Waals surface area contributed by atoms with Gasteiger partial charge >= 0.3 is 0 Å². The zero-order valence-corrected chi connectivity index (χ0v) is 13.2. The van der Waals surface area contributed by atoms with Gasteiger partial charge in [-0.2, -0.15) is 0 Å². The van der Waals surface area contributed by atoms with E-state index in [4.69, 9.17) is 11.5 Å². The van der Waals surface area contributed by atoms with Crippen molar-refractivity contribution in [2.75, 3.05) is 13.1 Å². The fourth-order valence-corrected chi connectivity index (χ4v) is 3.00. The Balaban J connectivity index is 2.10. The summed E-state index contributed by atoms with van der Waals surface area (Å²) in [5.41, 5.74) is 7.84. The second-order valence-corrected chi connectivity index (χ2v) is 6.36. The van der Waals surface area contributed by atoms with E-state index in [1.165, 1.54) is 4.90 Å². The molecule has 6 nitrogen and oxygen atoms in total. The van der Waals surface area contributed by atoms with Gasteiger partial charge in [0.25, 0.3) is 6.43 Å². The highest BCUT2D eigenvalue weighted by molar-refractivity contribution is 5.93. The highest BCUT2D eigenvalue weighted by Crippen LogP contribution is 2.40. The predicted molar refractivity (Wildman–Crippen MR) is 83.5 cm³/mol. The first-order chi connectivity index (χ1) is 11.7. The minimum atomic E-state index is -3.14. The molecule has 2 amide bonds. The summed E-state index contributed by atoms with van der Waals surface area (Å²) in [5.74, 6) is -2.55. The largest absolute Gasteiger partial charge is 0.386 e. The number of aliphatic imine (C=N–C) groups is 1. The number of hydrogen-bond donors (Lipinski definition) is 2. The molecule has 1 unspecified atom stereocenters. The van der Waals surface area contributed by atoms with E-state index in [-0.39, 0.29) is 29.8 Å². The number of hydrogen-bond acceptors (Lipinski definition) is 4. The quantitative estimate of drug-likeness (QED) is 0.843. The van der Waals surface area contributed by atoms with Gasteiger partial charge in [-0.1, -0.05) is 0 Å². The van der Waals surface area contributed by atoms with E-state index in [9.17, 15) is 22.8 Å². The minimum absolute atomic E-state index is 0.0824. The van der Waals surface area contributed by atoms with Gasteiger partial charge in [-0.25, -0.2) is 13.2 Å². The molecule has 1 aromatic rings. The van der Waals surface area contributed by atoms with E-state index in [0.717, 1.165) is 18.2 Å². The Morgan fingerprint density at radius 2 is 2.00 bits per heavy atom. The third-order valence-electron chi connectivity index (χ3n) is 4.44. The standard InChI is InChI=1S/C16H17F3N4O2/c17-11-4-3-9(13(21)24)5-10(11)16(15(18)19)7-23(6-12(20)22-16)14(25)8-1-2-8/h3-5,8,15H,1-2,6-7H2,(H2,20,22)(H2,21,24). The van der Waals surface area contributed by atoms with Gasteiger partial charge in [-0.15, -0.1) is 0 Å². The molecule has 25 heavy (non-hydrogen) atoms. The smallest absolute Gasteiger partial charge is 0.269 e. The summed E-state index contributed by atoms with van der Waals surface area (Å²) in [5, 5.41) is 0. The normalized spacial score (nSPS) is 23.5. The van der Waals surface area contributed by atoms with Crippen LogP contribution < -0.4 is 11.5 Å². The molecule has 1 fully saturated rings. The van der Waals surface area contributed by atoms with Crippen LogP contribution in [-0.4, -0.2) is 42.1 Å². The molecule has 1 atom stereocenters. The van der Waals surface area contributed by atoms with Crippen LogP contribution in [0.3, 0.4) is 0 Å². The third kappa shape index (κ3) is 3.06. The summed E-state index contributed by atoms with van der Waals surface area (Å²) in [6, 6.07) is 2.93. The maximum absolute atomic E-state index is 14.3. The summed E-state index contributed by atoms with van der Waals surface area (Å²) in [6.45, 7) is -0.596. The van der Waals surface area contributed by atoms with Gasteiger partial charge in [0.1, 0.15) is 11.7 Å². The van der Waals surface area contributed by atoms with Crippen molar-refractivity contribution in [2.24, 2.45) is 22.4 Å². The highest BCUT2D eigenvalue weighted by Gasteiger charge is 2.50. The summed E-state index contributed by atoms with van der Waals surface area (Å²) >= 11 is 0.